The quantitative estimate of drug-likeness (QED) is 0.199. The van der Waals surface area contributed by atoms with Gasteiger partial charge in [0.1, 0.15) is 18.3 Å². The molecule has 8 nitrogen and oxygen atoms in total. The summed E-state index contributed by atoms with van der Waals surface area (Å²) in [6, 6.07) is 0. The van der Waals surface area contributed by atoms with Gasteiger partial charge in [0.2, 0.25) is 18.1 Å². The van der Waals surface area contributed by atoms with Crippen molar-refractivity contribution >= 4 is 11.8 Å². The van der Waals surface area contributed by atoms with Gasteiger partial charge in [-0.15, -0.1) is 4.68 Å². The standard InChI is InChI=1S/C25H48N6O2/c1-3-5-7-9-11-13-15-17-24(32)26-19-21-30-23-31(29-28-30)22-20-27-25(33)18-16-14-12-10-8-6-4-2/h23H,3-22H2,1-2H3,(H-,26,27,32,33)/p+1. The van der Waals surface area contributed by atoms with Gasteiger partial charge in [0.15, 0.2) is 5.21 Å². The highest BCUT2D eigenvalue weighted by Gasteiger charge is 2.09. The molecule has 1 aromatic rings. The van der Waals surface area contributed by atoms with Crippen molar-refractivity contribution in [2.75, 3.05) is 13.1 Å². The van der Waals surface area contributed by atoms with Crippen molar-refractivity contribution in [2.24, 2.45) is 0 Å². The molecule has 190 valence electrons. The van der Waals surface area contributed by atoms with Crippen molar-refractivity contribution in [2.45, 2.75) is 130 Å². The lowest BCUT2D eigenvalue weighted by Gasteiger charge is -2.04. The molecule has 0 bridgehead atoms. The number of tetrazole rings is 1. The number of rotatable bonds is 22. The molecule has 0 saturated carbocycles. The Bertz CT molecular complexity index is 569. The normalized spacial score (nSPS) is 11.0. The van der Waals surface area contributed by atoms with Crippen molar-refractivity contribution in [1.29, 1.82) is 0 Å². The van der Waals surface area contributed by atoms with Crippen molar-refractivity contribution in [3.8, 4) is 0 Å². The van der Waals surface area contributed by atoms with E-state index in [2.05, 4.69) is 34.9 Å². The number of carbonyl (C=O) groups excluding carboxylic acids is 2. The number of nitrogens with one attached hydrogen (secondary N) is 2. The van der Waals surface area contributed by atoms with Gasteiger partial charge in [-0.05, 0) is 12.8 Å². The number of hydrogen-bond acceptors (Lipinski definition) is 4. The van der Waals surface area contributed by atoms with Crippen LogP contribution in [0.5, 0.6) is 0 Å². The first-order valence-corrected chi connectivity index (χ1v) is 13.5. The number of hydrogen-bond donors (Lipinski definition) is 2. The monoisotopic (exact) mass is 465 g/mol. The summed E-state index contributed by atoms with van der Waals surface area (Å²) in [5, 5.41) is 14.1. The van der Waals surface area contributed by atoms with Crippen LogP contribution in [-0.2, 0) is 22.7 Å². The van der Waals surface area contributed by atoms with E-state index in [0.717, 1.165) is 25.7 Å². The average Bonchev–Trinajstić information content (AvgIpc) is 3.25. The minimum atomic E-state index is 0.111. The largest absolute Gasteiger partial charge is 0.353 e. The maximum Gasteiger partial charge on any atom is 0.244 e. The van der Waals surface area contributed by atoms with Crippen LogP contribution in [-0.4, -0.2) is 40.0 Å². The fraction of sp³-hybridized carbons (Fsp3) is 0.880. The SMILES string of the molecule is CCCCCCCCCC(=O)NCCn1c[n+](CCNC(=O)CCCCCCCCC)nn1. The molecular weight excluding hydrogens is 416 g/mol. The molecule has 2 N–H and O–H groups in total. The second kappa shape index (κ2) is 20.6. The van der Waals surface area contributed by atoms with E-state index in [1.54, 1.807) is 9.36 Å². The molecule has 1 rings (SSSR count). The summed E-state index contributed by atoms with van der Waals surface area (Å²) in [5.41, 5.74) is 0. The van der Waals surface area contributed by atoms with Crippen LogP contribution in [0.25, 0.3) is 0 Å². The van der Waals surface area contributed by atoms with Gasteiger partial charge in [-0.3, -0.25) is 9.59 Å². The molecule has 1 heterocycles. The number of nitrogens with zero attached hydrogens (tertiary/aromatic N) is 4. The summed E-state index contributed by atoms with van der Waals surface area (Å²) in [6.07, 6.45) is 20.0. The number of carbonyl (C=O) groups is 2. The van der Waals surface area contributed by atoms with E-state index in [1.165, 1.54) is 64.2 Å². The lowest BCUT2D eigenvalue weighted by atomic mass is 10.1. The van der Waals surface area contributed by atoms with Gasteiger partial charge in [-0.25, -0.2) is 0 Å². The third-order valence-electron chi connectivity index (χ3n) is 5.88. The Morgan fingerprint density at radius 3 is 1.76 bits per heavy atom. The molecule has 0 unspecified atom stereocenters. The second-order valence-corrected chi connectivity index (χ2v) is 9.06. The molecule has 33 heavy (non-hydrogen) atoms. The zero-order valence-corrected chi connectivity index (χ0v) is 21.3. The van der Waals surface area contributed by atoms with E-state index in [-0.39, 0.29) is 11.8 Å². The first-order valence-electron chi connectivity index (χ1n) is 13.5. The molecular formula is C25H49N6O2+. The molecule has 0 aliphatic rings. The Labute approximate surface area is 201 Å². The highest BCUT2D eigenvalue weighted by atomic mass is 16.2. The Balaban J connectivity index is 2.01. The fourth-order valence-corrected chi connectivity index (χ4v) is 3.79. The van der Waals surface area contributed by atoms with Crippen LogP contribution in [0.2, 0.25) is 0 Å². The van der Waals surface area contributed by atoms with Crippen molar-refractivity contribution in [3.05, 3.63) is 6.33 Å². The predicted octanol–water partition coefficient (Wildman–Crippen LogP) is 4.08. The Morgan fingerprint density at radius 2 is 1.21 bits per heavy atom. The number of unbranched alkanes of at least 4 members (excludes halogenated alkanes) is 12. The summed E-state index contributed by atoms with van der Waals surface area (Å²) < 4.78 is 3.43. The third kappa shape index (κ3) is 17.2. The third-order valence-corrected chi connectivity index (χ3v) is 5.88. The Kier molecular flexibility index (Phi) is 18.1. The van der Waals surface area contributed by atoms with E-state index >= 15 is 0 Å². The smallest absolute Gasteiger partial charge is 0.244 e. The summed E-state index contributed by atoms with van der Waals surface area (Å²) in [6.45, 7) is 6.73. The van der Waals surface area contributed by atoms with Crippen LogP contribution in [0.3, 0.4) is 0 Å². The zero-order valence-electron chi connectivity index (χ0n) is 21.3. The zero-order chi connectivity index (χ0) is 24.0. The lowest BCUT2D eigenvalue weighted by Crippen LogP contribution is -2.42. The summed E-state index contributed by atoms with van der Waals surface area (Å²) in [7, 11) is 0. The Morgan fingerprint density at radius 1 is 0.727 bits per heavy atom. The van der Waals surface area contributed by atoms with Gasteiger partial charge in [0.25, 0.3) is 0 Å². The lowest BCUT2D eigenvalue weighted by molar-refractivity contribution is -0.752. The highest BCUT2D eigenvalue weighted by Crippen LogP contribution is 2.09. The summed E-state index contributed by atoms with van der Waals surface area (Å²) in [5.74, 6) is 0.223. The predicted molar refractivity (Wildman–Crippen MR) is 131 cm³/mol. The van der Waals surface area contributed by atoms with Crippen molar-refractivity contribution in [1.82, 2.24) is 25.7 Å². The molecule has 2 amide bonds. The molecule has 0 radical (unpaired) electrons. The van der Waals surface area contributed by atoms with Gasteiger partial charge < -0.3 is 10.6 Å². The van der Waals surface area contributed by atoms with Gasteiger partial charge in [-0.1, -0.05) is 95.6 Å². The molecule has 0 aliphatic carbocycles. The van der Waals surface area contributed by atoms with Crippen LogP contribution in [0.4, 0.5) is 0 Å². The highest BCUT2D eigenvalue weighted by molar-refractivity contribution is 5.76. The Hall–Kier alpha value is -1.99. The first-order chi connectivity index (χ1) is 16.2. The number of aromatic nitrogens is 4. The van der Waals surface area contributed by atoms with Crippen molar-refractivity contribution < 1.29 is 14.3 Å². The van der Waals surface area contributed by atoms with E-state index < -0.39 is 0 Å². The molecule has 0 aromatic carbocycles. The molecule has 0 saturated heterocycles. The van der Waals surface area contributed by atoms with E-state index in [1.807, 2.05) is 6.33 Å². The van der Waals surface area contributed by atoms with Gasteiger partial charge in [-0.2, -0.15) is 0 Å². The maximum atomic E-state index is 11.9. The van der Waals surface area contributed by atoms with Crippen LogP contribution < -0.4 is 15.3 Å². The topological polar surface area (TPSA) is 92.8 Å². The second-order valence-electron chi connectivity index (χ2n) is 9.06. The van der Waals surface area contributed by atoms with Crippen LogP contribution in [0.15, 0.2) is 6.33 Å². The van der Waals surface area contributed by atoms with Gasteiger partial charge in [0.05, 0.1) is 13.1 Å². The summed E-state index contributed by atoms with van der Waals surface area (Å²) >= 11 is 0. The van der Waals surface area contributed by atoms with E-state index in [9.17, 15) is 9.59 Å². The van der Waals surface area contributed by atoms with Crippen molar-refractivity contribution in [3.63, 3.8) is 0 Å². The van der Waals surface area contributed by atoms with Crippen LogP contribution in [0.1, 0.15) is 117 Å². The minimum absolute atomic E-state index is 0.111. The van der Waals surface area contributed by atoms with Gasteiger partial charge in [0, 0.05) is 12.8 Å². The molecule has 8 heteroatoms. The molecule has 0 fully saturated rings. The minimum Gasteiger partial charge on any atom is -0.353 e. The fourth-order valence-electron chi connectivity index (χ4n) is 3.79. The van der Waals surface area contributed by atoms with Gasteiger partial charge >= 0.3 is 0 Å². The first kappa shape index (κ1) is 29.0. The maximum absolute atomic E-state index is 11.9. The van der Waals surface area contributed by atoms with Crippen LogP contribution in [0, 0.1) is 0 Å². The molecule has 1 aromatic heterocycles. The summed E-state index contributed by atoms with van der Waals surface area (Å²) in [4.78, 5) is 23.9. The molecule has 0 atom stereocenters. The molecule has 0 spiro atoms. The van der Waals surface area contributed by atoms with Crippen LogP contribution >= 0.6 is 0 Å². The number of amides is 2. The van der Waals surface area contributed by atoms with E-state index in [0.29, 0.717) is 39.0 Å². The average molecular weight is 466 g/mol. The van der Waals surface area contributed by atoms with E-state index in [4.69, 9.17) is 0 Å². The molecule has 0 aliphatic heterocycles.